The maximum atomic E-state index is 11.8. The van der Waals surface area contributed by atoms with E-state index in [1.54, 1.807) is 13.0 Å². The van der Waals surface area contributed by atoms with Crippen molar-refractivity contribution < 1.29 is 9.59 Å². The molecule has 1 unspecified atom stereocenters. The molecule has 0 aliphatic carbocycles. The van der Waals surface area contributed by atoms with E-state index >= 15 is 0 Å². The van der Waals surface area contributed by atoms with Gasteiger partial charge in [-0.3, -0.25) is 9.59 Å². The number of hydrogen-bond acceptors (Lipinski definition) is 2. The van der Waals surface area contributed by atoms with Gasteiger partial charge < -0.3 is 10.6 Å². The van der Waals surface area contributed by atoms with Gasteiger partial charge in [-0.15, -0.1) is 11.6 Å². The molecule has 1 aromatic carbocycles. The van der Waals surface area contributed by atoms with Gasteiger partial charge in [-0.1, -0.05) is 12.1 Å². The van der Waals surface area contributed by atoms with Gasteiger partial charge in [0.25, 0.3) is 5.91 Å². The molecule has 0 radical (unpaired) electrons. The van der Waals surface area contributed by atoms with Crippen molar-refractivity contribution in [3.05, 3.63) is 33.4 Å². The monoisotopic (exact) mass is 380 g/mol. The number of alkyl halides is 1. The normalized spacial score (nSPS) is 11.7. The van der Waals surface area contributed by atoms with Gasteiger partial charge in [0.15, 0.2) is 0 Å². The Morgan fingerprint density at radius 2 is 1.89 bits per heavy atom. The molecule has 2 N–H and O–H groups in total. The summed E-state index contributed by atoms with van der Waals surface area (Å²) in [7, 11) is 0. The molecule has 4 nitrogen and oxygen atoms in total. The highest BCUT2D eigenvalue weighted by molar-refractivity contribution is 14.1. The Kier molecular flexibility index (Phi) is 6.42. The Hall–Kier alpha value is -0.820. The SMILES string of the molecule is CC(Cl)C(=O)NCCNC(=O)c1ccccc1I. The maximum Gasteiger partial charge on any atom is 0.252 e. The number of halogens is 2. The van der Waals surface area contributed by atoms with Gasteiger partial charge >= 0.3 is 0 Å². The second-order valence-electron chi connectivity index (χ2n) is 3.64. The van der Waals surface area contributed by atoms with E-state index in [9.17, 15) is 9.59 Å². The summed E-state index contributed by atoms with van der Waals surface area (Å²) < 4.78 is 0.894. The van der Waals surface area contributed by atoms with Crippen LogP contribution >= 0.6 is 34.2 Å². The summed E-state index contributed by atoms with van der Waals surface area (Å²) in [5.41, 5.74) is 0.634. The molecular formula is C12H14ClIN2O2. The van der Waals surface area contributed by atoms with Crippen LogP contribution in [0.1, 0.15) is 17.3 Å². The average Bonchev–Trinajstić information content (AvgIpc) is 2.34. The fourth-order valence-corrected chi connectivity index (χ4v) is 1.95. The number of nitrogens with one attached hydrogen (secondary N) is 2. The van der Waals surface area contributed by atoms with Gasteiger partial charge in [-0.2, -0.15) is 0 Å². The first-order valence-electron chi connectivity index (χ1n) is 5.47. The van der Waals surface area contributed by atoms with Gasteiger partial charge in [-0.05, 0) is 41.6 Å². The summed E-state index contributed by atoms with van der Waals surface area (Å²) in [6, 6.07) is 7.32. The van der Waals surface area contributed by atoms with Crippen LogP contribution in [0.25, 0.3) is 0 Å². The summed E-state index contributed by atoms with van der Waals surface area (Å²) >= 11 is 7.69. The second-order valence-corrected chi connectivity index (χ2v) is 5.46. The Balaban J connectivity index is 2.35. The minimum Gasteiger partial charge on any atom is -0.353 e. The highest BCUT2D eigenvalue weighted by atomic mass is 127. The van der Waals surface area contributed by atoms with Crippen LogP contribution in [0.3, 0.4) is 0 Å². The zero-order valence-corrected chi connectivity index (χ0v) is 12.8. The van der Waals surface area contributed by atoms with E-state index in [-0.39, 0.29) is 11.8 Å². The molecule has 0 saturated carbocycles. The zero-order chi connectivity index (χ0) is 13.5. The molecule has 0 saturated heterocycles. The van der Waals surface area contributed by atoms with Crippen molar-refractivity contribution in [1.29, 1.82) is 0 Å². The molecule has 1 atom stereocenters. The predicted molar refractivity (Wildman–Crippen MR) is 79.8 cm³/mol. The fraction of sp³-hybridized carbons (Fsp3) is 0.333. The molecule has 0 aromatic heterocycles. The predicted octanol–water partition coefficient (Wildman–Crippen LogP) is 1.76. The lowest BCUT2D eigenvalue weighted by atomic mass is 10.2. The van der Waals surface area contributed by atoms with E-state index in [0.29, 0.717) is 18.7 Å². The minimum absolute atomic E-state index is 0.145. The molecule has 1 rings (SSSR count). The van der Waals surface area contributed by atoms with Crippen molar-refractivity contribution in [2.24, 2.45) is 0 Å². The van der Waals surface area contributed by atoms with Crippen LogP contribution in [0.5, 0.6) is 0 Å². The standard InChI is InChI=1S/C12H14ClIN2O2/c1-8(13)11(17)15-6-7-16-12(18)9-4-2-3-5-10(9)14/h2-5,8H,6-7H2,1H3,(H,15,17)(H,16,18). The van der Waals surface area contributed by atoms with Gasteiger partial charge in [0.1, 0.15) is 5.38 Å². The Bertz CT molecular complexity index is 438. The molecule has 0 bridgehead atoms. The highest BCUT2D eigenvalue weighted by Gasteiger charge is 2.09. The lowest BCUT2D eigenvalue weighted by Crippen LogP contribution is -2.37. The summed E-state index contributed by atoms with van der Waals surface area (Å²) in [4.78, 5) is 22.9. The van der Waals surface area contributed by atoms with Gasteiger partial charge in [0, 0.05) is 16.7 Å². The van der Waals surface area contributed by atoms with Crippen molar-refractivity contribution in [1.82, 2.24) is 10.6 Å². The van der Waals surface area contributed by atoms with Crippen molar-refractivity contribution in [2.45, 2.75) is 12.3 Å². The summed E-state index contributed by atoms with van der Waals surface area (Å²) in [6.07, 6.45) is 0. The van der Waals surface area contributed by atoms with Gasteiger partial charge in [0.2, 0.25) is 5.91 Å². The minimum atomic E-state index is -0.559. The summed E-state index contributed by atoms with van der Waals surface area (Å²) in [5, 5.41) is 4.79. The summed E-state index contributed by atoms with van der Waals surface area (Å²) in [5.74, 6) is -0.381. The Morgan fingerprint density at radius 1 is 1.28 bits per heavy atom. The van der Waals surface area contributed by atoms with Crippen LogP contribution < -0.4 is 10.6 Å². The van der Waals surface area contributed by atoms with E-state index in [1.807, 2.05) is 18.2 Å². The molecule has 0 aliphatic rings. The molecule has 98 valence electrons. The molecule has 0 heterocycles. The van der Waals surface area contributed by atoms with Crippen molar-refractivity contribution in [3.8, 4) is 0 Å². The molecule has 18 heavy (non-hydrogen) atoms. The van der Waals surface area contributed by atoms with E-state index in [1.165, 1.54) is 0 Å². The Labute approximate surface area is 125 Å². The molecule has 0 spiro atoms. The van der Waals surface area contributed by atoms with E-state index < -0.39 is 5.38 Å². The van der Waals surface area contributed by atoms with Crippen LogP contribution in [-0.4, -0.2) is 30.3 Å². The third-order valence-corrected chi connectivity index (χ3v) is 3.33. The zero-order valence-electron chi connectivity index (χ0n) is 9.87. The van der Waals surface area contributed by atoms with Crippen LogP contribution in [0.15, 0.2) is 24.3 Å². The quantitative estimate of drug-likeness (QED) is 0.465. The molecule has 0 fully saturated rings. The maximum absolute atomic E-state index is 11.8. The topological polar surface area (TPSA) is 58.2 Å². The number of benzene rings is 1. The molecule has 0 aliphatic heterocycles. The molecule has 6 heteroatoms. The number of carbonyl (C=O) groups excluding carboxylic acids is 2. The Morgan fingerprint density at radius 3 is 2.50 bits per heavy atom. The van der Waals surface area contributed by atoms with Gasteiger partial charge in [-0.25, -0.2) is 0 Å². The van der Waals surface area contributed by atoms with E-state index in [4.69, 9.17) is 11.6 Å². The largest absolute Gasteiger partial charge is 0.353 e. The van der Waals surface area contributed by atoms with Crippen molar-refractivity contribution in [2.75, 3.05) is 13.1 Å². The molecule has 1 aromatic rings. The first kappa shape index (κ1) is 15.2. The van der Waals surface area contributed by atoms with Crippen molar-refractivity contribution in [3.63, 3.8) is 0 Å². The van der Waals surface area contributed by atoms with E-state index in [2.05, 4.69) is 33.2 Å². The fourth-order valence-electron chi connectivity index (χ4n) is 1.24. The number of hydrogen-bond donors (Lipinski definition) is 2. The van der Waals surface area contributed by atoms with Crippen LogP contribution in [0.4, 0.5) is 0 Å². The molecular weight excluding hydrogens is 367 g/mol. The first-order valence-corrected chi connectivity index (χ1v) is 6.98. The first-order chi connectivity index (χ1) is 8.52. The summed E-state index contributed by atoms with van der Waals surface area (Å²) in [6.45, 7) is 2.34. The highest BCUT2D eigenvalue weighted by Crippen LogP contribution is 2.10. The third kappa shape index (κ3) is 4.81. The van der Waals surface area contributed by atoms with Crippen molar-refractivity contribution >= 4 is 46.0 Å². The van der Waals surface area contributed by atoms with Crippen LogP contribution in [0, 0.1) is 3.57 Å². The second kappa shape index (κ2) is 7.58. The molecule has 2 amide bonds. The van der Waals surface area contributed by atoms with Crippen LogP contribution in [0.2, 0.25) is 0 Å². The van der Waals surface area contributed by atoms with Crippen LogP contribution in [-0.2, 0) is 4.79 Å². The lowest BCUT2D eigenvalue weighted by Gasteiger charge is -2.08. The third-order valence-electron chi connectivity index (χ3n) is 2.19. The average molecular weight is 381 g/mol. The lowest BCUT2D eigenvalue weighted by molar-refractivity contribution is -0.120. The van der Waals surface area contributed by atoms with E-state index in [0.717, 1.165) is 3.57 Å². The smallest absolute Gasteiger partial charge is 0.252 e. The number of rotatable bonds is 5. The van der Waals surface area contributed by atoms with Gasteiger partial charge in [0.05, 0.1) is 5.56 Å². The number of carbonyl (C=O) groups is 2. The number of amides is 2.